The summed E-state index contributed by atoms with van der Waals surface area (Å²) in [4.78, 5) is 38.7. The van der Waals surface area contributed by atoms with Gasteiger partial charge in [-0.3, -0.25) is 19.3 Å². The van der Waals surface area contributed by atoms with Crippen molar-refractivity contribution in [3.8, 4) is 0 Å². The normalized spacial score (nSPS) is 14.6. The first-order chi connectivity index (χ1) is 11.8. The van der Waals surface area contributed by atoms with E-state index in [0.717, 1.165) is 9.78 Å². The maximum atomic E-state index is 12.4. The SMILES string of the molecule is CC(NC(=O)CN1C(=O)c2cc(Cl)c(Cl)cc2C1=O)c1ccc(Cl)s1. The number of fused-ring (bicyclic) bond motifs is 1. The molecule has 2 aromatic rings. The Morgan fingerprint density at radius 3 is 2.16 bits per heavy atom. The summed E-state index contributed by atoms with van der Waals surface area (Å²) in [6, 6.07) is 5.94. The van der Waals surface area contributed by atoms with Crippen molar-refractivity contribution < 1.29 is 14.4 Å². The number of halogens is 3. The highest BCUT2D eigenvalue weighted by Crippen LogP contribution is 2.31. The molecular formula is C16H11Cl3N2O3S. The summed E-state index contributed by atoms with van der Waals surface area (Å²) in [6.07, 6.45) is 0. The Kier molecular flexibility index (Phi) is 5.06. The van der Waals surface area contributed by atoms with Gasteiger partial charge in [-0.1, -0.05) is 34.8 Å². The highest BCUT2D eigenvalue weighted by atomic mass is 35.5. The second-order valence-electron chi connectivity index (χ2n) is 5.44. The molecule has 130 valence electrons. The lowest BCUT2D eigenvalue weighted by molar-refractivity contribution is -0.122. The zero-order chi connectivity index (χ0) is 18.3. The molecule has 0 fully saturated rings. The Balaban J connectivity index is 1.72. The van der Waals surface area contributed by atoms with Crippen LogP contribution in [0.5, 0.6) is 0 Å². The van der Waals surface area contributed by atoms with Crippen LogP contribution in [-0.4, -0.2) is 29.2 Å². The molecule has 1 aromatic carbocycles. The minimum absolute atomic E-state index is 0.144. The molecule has 0 aliphatic carbocycles. The van der Waals surface area contributed by atoms with Gasteiger partial charge < -0.3 is 5.32 Å². The zero-order valence-corrected chi connectivity index (χ0v) is 15.9. The van der Waals surface area contributed by atoms with Gasteiger partial charge in [0.05, 0.1) is 31.6 Å². The lowest BCUT2D eigenvalue weighted by Crippen LogP contribution is -2.41. The fourth-order valence-electron chi connectivity index (χ4n) is 2.49. The molecule has 9 heteroatoms. The Morgan fingerprint density at radius 1 is 1.12 bits per heavy atom. The monoisotopic (exact) mass is 416 g/mol. The number of benzene rings is 1. The predicted octanol–water partition coefficient (Wildman–Crippen LogP) is 4.18. The van der Waals surface area contributed by atoms with Crippen molar-refractivity contribution in [2.75, 3.05) is 6.54 Å². The number of nitrogens with zero attached hydrogens (tertiary/aromatic N) is 1. The van der Waals surface area contributed by atoms with E-state index in [2.05, 4.69) is 5.32 Å². The fourth-order valence-corrected chi connectivity index (χ4v) is 3.88. The van der Waals surface area contributed by atoms with E-state index in [1.807, 2.05) is 6.07 Å². The van der Waals surface area contributed by atoms with E-state index >= 15 is 0 Å². The molecule has 0 saturated heterocycles. The van der Waals surface area contributed by atoms with Crippen LogP contribution >= 0.6 is 46.1 Å². The van der Waals surface area contributed by atoms with Gasteiger partial charge in [-0.15, -0.1) is 11.3 Å². The molecule has 1 atom stereocenters. The summed E-state index contributed by atoms with van der Waals surface area (Å²) in [6.45, 7) is 1.41. The van der Waals surface area contributed by atoms with E-state index in [4.69, 9.17) is 34.8 Å². The topological polar surface area (TPSA) is 66.5 Å². The van der Waals surface area contributed by atoms with Gasteiger partial charge in [0.1, 0.15) is 6.54 Å². The molecule has 3 rings (SSSR count). The van der Waals surface area contributed by atoms with E-state index in [1.165, 1.54) is 23.5 Å². The molecule has 0 spiro atoms. The average molecular weight is 418 g/mol. The molecule has 0 bridgehead atoms. The molecule has 25 heavy (non-hydrogen) atoms. The molecule has 1 N–H and O–H groups in total. The lowest BCUT2D eigenvalue weighted by atomic mass is 10.1. The maximum absolute atomic E-state index is 12.4. The highest BCUT2D eigenvalue weighted by molar-refractivity contribution is 7.16. The van der Waals surface area contributed by atoms with Crippen LogP contribution in [0.15, 0.2) is 24.3 Å². The molecule has 2 heterocycles. The Labute approximate surface area is 162 Å². The number of amides is 3. The Hall–Kier alpha value is -1.60. The van der Waals surface area contributed by atoms with E-state index in [9.17, 15) is 14.4 Å². The van der Waals surface area contributed by atoms with Crippen molar-refractivity contribution in [3.05, 3.63) is 54.7 Å². The first kappa shape index (κ1) is 18.2. The summed E-state index contributed by atoms with van der Waals surface area (Å²) < 4.78 is 0.616. The van der Waals surface area contributed by atoms with Gasteiger partial charge in [-0.05, 0) is 31.2 Å². The number of imide groups is 1. The van der Waals surface area contributed by atoms with Crippen molar-refractivity contribution in [3.63, 3.8) is 0 Å². The third-order valence-corrected chi connectivity index (χ3v) is 5.85. The Bertz CT molecular complexity index is 856. The first-order valence-electron chi connectivity index (χ1n) is 7.17. The van der Waals surface area contributed by atoms with Crippen LogP contribution in [-0.2, 0) is 4.79 Å². The van der Waals surface area contributed by atoms with E-state index in [1.54, 1.807) is 13.0 Å². The van der Waals surface area contributed by atoms with Crippen LogP contribution in [0.1, 0.15) is 38.6 Å². The molecule has 1 aliphatic heterocycles. The third kappa shape index (κ3) is 3.53. The van der Waals surface area contributed by atoms with Gasteiger partial charge in [0.2, 0.25) is 5.91 Å². The van der Waals surface area contributed by atoms with Crippen LogP contribution in [0.2, 0.25) is 14.4 Å². The van der Waals surface area contributed by atoms with Gasteiger partial charge in [-0.25, -0.2) is 0 Å². The van der Waals surface area contributed by atoms with Crippen LogP contribution in [0.3, 0.4) is 0 Å². The number of rotatable bonds is 4. The molecule has 1 aromatic heterocycles. The number of hydrogen-bond acceptors (Lipinski definition) is 4. The standard InChI is InChI=1S/C16H11Cl3N2O3S/c1-7(12-2-3-13(19)25-12)20-14(22)6-21-15(23)8-4-10(17)11(18)5-9(8)16(21)24/h2-5,7H,6H2,1H3,(H,20,22). The van der Waals surface area contributed by atoms with Crippen molar-refractivity contribution in [1.82, 2.24) is 10.2 Å². The van der Waals surface area contributed by atoms with Crippen molar-refractivity contribution in [1.29, 1.82) is 0 Å². The molecule has 3 amide bonds. The summed E-state index contributed by atoms with van der Waals surface area (Å²) in [5.41, 5.74) is 0.288. The smallest absolute Gasteiger partial charge is 0.262 e. The average Bonchev–Trinajstić information content (AvgIpc) is 3.07. The van der Waals surface area contributed by atoms with Crippen molar-refractivity contribution in [2.45, 2.75) is 13.0 Å². The highest BCUT2D eigenvalue weighted by Gasteiger charge is 2.37. The third-order valence-electron chi connectivity index (χ3n) is 3.71. The van der Waals surface area contributed by atoms with E-state index < -0.39 is 17.7 Å². The van der Waals surface area contributed by atoms with Gasteiger partial charge in [0.25, 0.3) is 11.8 Å². The molecule has 5 nitrogen and oxygen atoms in total. The quantitative estimate of drug-likeness (QED) is 0.759. The number of thiophene rings is 1. The fraction of sp³-hybridized carbons (Fsp3) is 0.188. The first-order valence-corrected chi connectivity index (χ1v) is 9.13. The molecule has 1 aliphatic rings. The molecular weight excluding hydrogens is 407 g/mol. The molecule has 0 saturated carbocycles. The predicted molar refractivity (Wildman–Crippen MR) is 97.7 cm³/mol. The van der Waals surface area contributed by atoms with Crippen LogP contribution in [0.25, 0.3) is 0 Å². The molecule has 0 radical (unpaired) electrons. The lowest BCUT2D eigenvalue weighted by Gasteiger charge is -2.16. The maximum Gasteiger partial charge on any atom is 0.262 e. The van der Waals surface area contributed by atoms with Gasteiger partial charge in [0.15, 0.2) is 0 Å². The largest absolute Gasteiger partial charge is 0.347 e. The minimum Gasteiger partial charge on any atom is -0.347 e. The van der Waals surface area contributed by atoms with Crippen LogP contribution in [0.4, 0.5) is 0 Å². The van der Waals surface area contributed by atoms with Gasteiger partial charge >= 0.3 is 0 Å². The van der Waals surface area contributed by atoms with Crippen molar-refractivity contribution in [2.24, 2.45) is 0 Å². The van der Waals surface area contributed by atoms with Gasteiger partial charge in [-0.2, -0.15) is 0 Å². The Morgan fingerprint density at radius 2 is 1.68 bits per heavy atom. The summed E-state index contributed by atoms with van der Waals surface area (Å²) >= 11 is 19.0. The second kappa shape index (κ2) is 6.96. The van der Waals surface area contributed by atoms with Gasteiger partial charge in [0, 0.05) is 4.88 Å². The number of carbonyl (C=O) groups is 3. The van der Waals surface area contributed by atoms with E-state index in [0.29, 0.717) is 4.34 Å². The number of hydrogen-bond donors (Lipinski definition) is 1. The zero-order valence-electron chi connectivity index (χ0n) is 12.8. The number of nitrogens with one attached hydrogen (secondary N) is 1. The van der Waals surface area contributed by atoms with E-state index in [-0.39, 0.29) is 33.8 Å². The summed E-state index contributed by atoms with van der Waals surface area (Å²) in [7, 11) is 0. The van der Waals surface area contributed by atoms with Crippen molar-refractivity contribution >= 4 is 63.9 Å². The van der Waals surface area contributed by atoms with Crippen LogP contribution < -0.4 is 5.32 Å². The summed E-state index contributed by atoms with van der Waals surface area (Å²) in [5, 5.41) is 3.10. The second-order valence-corrected chi connectivity index (χ2v) is 8.00. The minimum atomic E-state index is -0.569. The summed E-state index contributed by atoms with van der Waals surface area (Å²) in [5.74, 6) is -1.59. The number of carbonyl (C=O) groups excluding carboxylic acids is 3. The molecule has 1 unspecified atom stereocenters. The van der Waals surface area contributed by atoms with Crippen LogP contribution in [0, 0.1) is 0 Å².